The van der Waals surface area contributed by atoms with Gasteiger partial charge in [-0.1, -0.05) is 114 Å². The third kappa shape index (κ3) is 7.42. The van der Waals surface area contributed by atoms with Crippen LogP contribution in [0.2, 0.25) is 0 Å². The van der Waals surface area contributed by atoms with Gasteiger partial charge in [-0.05, 0) is 54.2 Å². The first-order chi connectivity index (χ1) is 16.7. The maximum Gasteiger partial charge on any atom is 0.124 e. The highest BCUT2D eigenvalue weighted by Gasteiger charge is 2.22. The molecular weight excluding hydrogens is 485 g/mol. The summed E-state index contributed by atoms with van der Waals surface area (Å²) in [5.74, 6) is 7.38. The molecular formula is C31H31BrFN. The highest BCUT2D eigenvalue weighted by atomic mass is 79.9. The Morgan fingerprint density at radius 1 is 0.941 bits per heavy atom. The molecule has 3 aromatic rings. The molecule has 1 saturated carbocycles. The summed E-state index contributed by atoms with van der Waals surface area (Å²) in [6.07, 6.45) is 10.9. The summed E-state index contributed by atoms with van der Waals surface area (Å²) >= 11 is 3.58. The predicted octanol–water partition coefficient (Wildman–Crippen LogP) is 8.10. The van der Waals surface area contributed by atoms with E-state index in [1.807, 2.05) is 42.5 Å². The maximum atomic E-state index is 13.8. The predicted molar refractivity (Wildman–Crippen MR) is 144 cm³/mol. The minimum Gasteiger partial charge on any atom is -0.282 e. The summed E-state index contributed by atoms with van der Waals surface area (Å²) in [5.41, 5.74) is 3.26. The molecule has 174 valence electrons. The molecule has 34 heavy (non-hydrogen) atoms. The molecule has 0 saturated heterocycles. The maximum absolute atomic E-state index is 13.8. The van der Waals surface area contributed by atoms with Gasteiger partial charge in [0.2, 0.25) is 0 Å². The van der Waals surface area contributed by atoms with Crippen molar-refractivity contribution in [3.63, 3.8) is 0 Å². The number of hydrogen-bond acceptors (Lipinski definition) is 1. The minimum atomic E-state index is -0.223. The van der Waals surface area contributed by atoms with E-state index in [-0.39, 0.29) is 11.9 Å². The Labute approximate surface area is 211 Å². The van der Waals surface area contributed by atoms with E-state index in [1.54, 1.807) is 12.1 Å². The van der Waals surface area contributed by atoms with Crippen molar-refractivity contribution >= 4 is 22.0 Å². The standard InChI is InChI=1S/C31H31BrFN/c32-31-22-29(33)19-18-28(31)24-34(23-27-14-8-3-9-15-27)30(20-16-25-10-4-1-5-11-25)21-17-26-12-6-2-7-13-26/h1-2,4-7,10-13,16,18-20,22,27,30H,3,8-9,14-15,23-24H2/b20-16+. The lowest BCUT2D eigenvalue weighted by molar-refractivity contribution is 0.186. The average molecular weight is 516 g/mol. The van der Waals surface area contributed by atoms with Gasteiger partial charge in [0, 0.05) is 23.1 Å². The summed E-state index contributed by atoms with van der Waals surface area (Å²) in [5, 5.41) is 0. The van der Waals surface area contributed by atoms with E-state index >= 15 is 0 Å². The molecule has 1 aliphatic rings. The Bertz CT molecular complexity index is 1120. The quantitative estimate of drug-likeness (QED) is 0.287. The molecule has 1 unspecified atom stereocenters. The van der Waals surface area contributed by atoms with Crippen LogP contribution >= 0.6 is 15.9 Å². The van der Waals surface area contributed by atoms with Crippen LogP contribution in [0.15, 0.2) is 89.4 Å². The van der Waals surface area contributed by atoms with Gasteiger partial charge in [0.15, 0.2) is 0 Å². The molecule has 0 bridgehead atoms. The van der Waals surface area contributed by atoms with E-state index in [4.69, 9.17) is 0 Å². The van der Waals surface area contributed by atoms with Crippen LogP contribution < -0.4 is 0 Å². The van der Waals surface area contributed by atoms with Gasteiger partial charge >= 0.3 is 0 Å². The second-order valence-corrected chi connectivity index (χ2v) is 9.87. The zero-order valence-electron chi connectivity index (χ0n) is 19.5. The summed E-state index contributed by atoms with van der Waals surface area (Å²) in [6.45, 7) is 1.70. The van der Waals surface area contributed by atoms with Crippen LogP contribution in [0.25, 0.3) is 6.08 Å². The van der Waals surface area contributed by atoms with Crippen LogP contribution in [0.3, 0.4) is 0 Å². The molecule has 4 rings (SSSR count). The number of rotatable bonds is 7. The topological polar surface area (TPSA) is 3.24 Å². The van der Waals surface area contributed by atoms with Crippen molar-refractivity contribution in [2.45, 2.75) is 44.7 Å². The van der Waals surface area contributed by atoms with E-state index < -0.39 is 0 Å². The van der Waals surface area contributed by atoms with Gasteiger partial charge in [0.05, 0.1) is 6.04 Å². The zero-order chi connectivity index (χ0) is 23.6. The fourth-order valence-electron chi connectivity index (χ4n) is 4.55. The van der Waals surface area contributed by atoms with Crippen molar-refractivity contribution in [2.24, 2.45) is 5.92 Å². The Morgan fingerprint density at radius 3 is 2.35 bits per heavy atom. The van der Waals surface area contributed by atoms with Crippen LogP contribution in [0.5, 0.6) is 0 Å². The number of benzene rings is 3. The normalized spacial score (nSPS) is 15.3. The Morgan fingerprint density at radius 2 is 1.65 bits per heavy atom. The van der Waals surface area contributed by atoms with Crippen molar-refractivity contribution < 1.29 is 4.39 Å². The van der Waals surface area contributed by atoms with Gasteiger partial charge in [-0.2, -0.15) is 0 Å². The third-order valence-corrected chi connectivity index (χ3v) is 7.15. The molecule has 1 fully saturated rings. The van der Waals surface area contributed by atoms with Gasteiger partial charge in [0.1, 0.15) is 5.82 Å². The summed E-state index contributed by atoms with van der Waals surface area (Å²) in [7, 11) is 0. The number of hydrogen-bond donors (Lipinski definition) is 0. The summed E-state index contributed by atoms with van der Waals surface area (Å²) < 4.78 is 14.6. The monoisotopic (exact) mass is 515 g/mol. The molecule has 0 spiro atoms. The van der Waals surface area contributed by atoms with Crippen molar-refractivity contribution in [1.29, 1.82) is 0 Å². The molecule has 0 N–H and O–H groups in total. The lowest BCUT2D eigenvalue weighted by Gasteiger charge is -2.32. The van der Waals surface area contributed by atoms with Crippen molar-refractivity contribution in [2.75, 3.05) is 6.54 Å². The van der Waals surface area contributed by atoms with Crippen molar-refractivity contribution in [3.8, 4) is 11.8 Å². The molecule has 3 aromatic carbocycles. The van der Waals surface area contributed by atoms with Crippen LogP contribution in [-0.2, 0) is 6.54 Å². The first kappa shape index (κ1) is 24.5. The van der Waals surface area contributed by atoms with Crippen molar-refractivity contribution in [1.82, 2.24) is 4.90 Å². The molecule has 0 amide bonds. The third-order valence-electron chi connectivity index (χ3n) is 6.41. The van der Waals surface area contributed by atoms with Crippen molar-refractivity contribution in [3.05, 3.63) is 112 Å². The minimum absolute atomic E-state index is 0.0562. The second-order valence-electron chi connectivity index (χ2n) is 9.02. The average Bonchev–Trinajstić information content (AvgIpc) is 2.87. The summed E-state index contributed by atoms with van der Waals surface area (Å²) in [4.78, 5) is 2.46. The van der Waals surface area contributed by atoms with Gasteiger partial charge in [0.25, 0.3) is 0 Å². The van der Waals surface area contributed by atoms with Gasteiger partial charge < -0.3 is 0 Å². The molecule has 0 heterocycles. The fraction of sp³-hybridized carbons (Fsp3) is 0.290. The lowest BCUT2D eigenvalue weighted by atomic mass is 9.88. The van der Waals surface area contributed by atoms with Crippen LogP contribution in [0, 0.1) is 23.6 Å². The molecule has 1 aliphatic carbocycles. The van der Waals surface area contributed by atoms with Gasteiger partial charge in [-0.15, -0.1) is 0 Å². The van der Waals surface area contributed by atoms with E-state index in [1.165, 1.54) is 32.1 Å². The highest BCUT2D eigenvalue weighted by Crippen LogP contribution is 2.27. The van der Waals surface area contributed by atoms with E-state index in [2.05, 4.69) is 69.1 Å². The molecule has 1 nitrogen and oxygen atoms in total. The first-order valence-electron chi connectivity index (χ1n) is 12.2. The SMILES string of the molecule is Fc1ccc(CN(CC2CCCCC2)C(C#Cc2ccccc2)/C=C/c2ccccc2)c(Br)c1. The van der Waals surface area contributed by atoms with Gasteiger partial charge in [-0.3, -0.25) is 4.90 Å². The number of halogens is 2. The second kappa shape index (κ2) is 12.7. The first-order valence-corrected chi connectivity index (χ1v) is 12.9. The Hall–Kier alpha value is -2.67. The van der Waals surface area contributed by atoms with Gasteiger partial charge in [-0.25, -0.2) is 4.39 Å². The zero-order valence-corrected chi connectivity index (χ0v) is 21.1. The van der Waals surface area contributed by atoms with E-state index in [0.29, 0.717) is 12.5 Å². The highest BCUT2D eigenvalue weighted by molar-refractivity contribution is 9.10. The smallest absolute Gasteiger partial charge is 0.124 e. The molecule has 1 atom stereocenters. The van der Waals surface area contributed by atoms with E-state index in [0.717, 1.165) is 27.7 Å². The van der Waals surface area contributed by atoms with E-state index in [9.17, 15) is 4.39 Å². The van der Waals surface area contributed by atoms with Crippen LogP contribution in [0.1, 0.15) is 48.8 Å². The molecule has 0 radical (unpaired) electrons. The number of nitrogens with zero attached hydrogens (tertiary/aromatic N) is 1. The molecule has 0 aromatic heterocycles. The fourth-order valence-corrected chi connectivity index (χ4v) is 5.03. The lowest BCUT2D eigenvalue weighted by Crippen LogP contribution is -2.37. The van der Waals surface area contributed by atoms with Crippen LogP contribution in [0.4, 0.5) is 4.39 Å². The Kier molecular flexibility index (Phi) is 9.13. The molecule has 3 heteroatoms. The largest absolute Gasteiger partial charge is 0.282 e. The molecule has 0 aliphatic heterocycles. The Balaban J connectivity index is 1.67. The van der Waals surface area contributed by atoms with Crippen LogP contribution in [-0.4, -0.2) is 17.5 Å². The summed E-state index contributed by atoms with van der Waals surface area (Å²) in [6, 6.07) is 25.4.